The van der Waals surface area contributed by atoms with Gasteiger partial charge in [-0.2, -0.15) is 13.2 Å². The monoisotopic (exact) mass is 355 g/mol. The van der Waals surface area contributed by atoms with Crippen molar-refractivity contribution in [1.29, 1.82) is 0 Å². The summed E-state index contributed by atoms with van der Waals surface area (Å²) in [5.41, 5.74) is -1.29. The number of nitrogens with one attached hydrogen (secondary N) is 1. The van der Waals surface area contributed by atoms with E-state index in [1.807, 2.05) is 0 Å². The van der Waals surface area contributed by atoms with Gasteiger partial charge in [-0.05, 0) is 12.1 Å². The average molecular weight is 355 g/mol. The van der Waals surface area contributed by atoms with E-state index < -0.39 is 23.2 Å². The number of anilines is 1. The Bertz CT molecular complexity index is 750. The van der Waals surface area contributed by atoms with E-state index in [0.29, 0.717) is 5.75 Å². The number of hydrogen-bond acceptors (Lipinski definition) is 4. The maximum absolute atomic E-state index is 13.0. The van der Waals surface area contributed by atoms with Gasteiger partial charge in [0.15, 0.2) is 11.5 Å². The molecule has 0 fully saturated rings. The average Bonchev–Trinajstić information content (AvgIpc) is 2.59. The number of carbonyl (C=O) groups excluding carboxylic acids is 1. The number of carbonyl (C=O) groups is 1. The van der Waals surface area contributed by atoms with Crippen LogP contribution in [0, 0.1) is 0 Å². The van der Waals surface area contributed by atoms with E-state index in [4.69, 9.17) is 14.2 Å². The smallest absolute Gasteiger partial charge is 0.417 e. The van der Waals surface area contributed by atoms with E-state index in [0.717, 1.165) is 12.1 Å². The van der Waals surface area contributed by atoms with Gasteiger partial charge in [0.1, 0.15) is 0 Å². The number of methoxy groups -OCH3 is 3. The van der Waals surface area contributed by atoms with Gasteiger partial charge >= 0.3 is 6.18 Å². The van der Waals surface area contributed by atoms with Crippen LogP contribution in [0.5, 0.6) is 17.2 Å². The fourth-order valence-electron chi connectivity index (χ4n) is 2.28. The SMILES string of the molecule is COc1cc(NC(=O)c2ccccc2C(F)(F)F)cc(OC)c1OC. The second kappa shape index (κ2) is 7.33. The number of halogens is 3. The first-order valence-electron chi connectivity index (χ1n) is 7.09. The Morgan fingerprint density at radius 1 is 0.960 bits per heavy atom. The Hall–Kier alpha value is -2.90. The van der Waals surface area contributed by atoms with Crippen molar-refractivity contribution in [2.45, 2.75) is 6.18 Å². The van der Waals surface area contributed by atoms with Crippen LogP contribution in [0.15, 0.2) is 36.4 Å². The molecule has 0 radical (unpaired) electrons. The highest BCUT2D eigenvalue weighted by Crippen LogP contribution is 2.40. The molecule has 0 aliphatic rings. The predicted octanol–water partition coefficient (Wildman–Crippen LogP) is 3.98. The van der Waals surface area contributed by atoms with Crippen LogP contribution < -0.4 is 19.5 Å². The minimum absolute atomic E-state index is 0.205. The molecule has 134 valence electrons. The highest BCUT2D eigenvalue weighted by Gasteiger charge is 2.34. The van der Waals surface area contributed by atoms with Crippen LogP contribution in [0.3, 0.4) is 0 Å². The zero-order valence-electron chi connectivity index (χ0n) is 13.7. The van der Waals surface area contributed by atoms with Gasteiger partial charge < -0.3 is 19.5 Å². The second-order valence-electron chi connectivity index (χ2n) is 4.91. The number of rotatable bonds is 5. The van der Waals surface area contributed by atoms with Crippen LogP contribution >= 0.6 is 0 Å². The summed E-state index contributed by atoms with van der Waals surface area (Å²) in [6.07, 6.45) is -4.64. The predicted molar refractivity (Wildman–Crippen MR) is 85.5 cm³/mol. The minimum Gasteiger partial charge on any atom is -0.493 e. The van der Waals surface area contributed by atoms with Crippen molar-refractivity contribution in [2.75, 3.05) is 26.6 Å². The minimum atomic E-state index is -4.64. The highest BCUT2D eigenvalue weighted by atomic mass is 19.4. The molecule has 0 unspecified atom stereocenters. The van der Waals surface area contributed by atoms with Crippen LogP contribution in [0.1, 0.15) is 15.9 Å². The molecule has 0 aliphatic heterocycles. The lowest BCUT2D eigenvalue weighted by atomic mass is 10.1. The van der Waals surface area contributed by atoms with E-state index in [1.54, 1.807) is 0 Å². The lowest BCUT2D eigenvalue weighted by Gasteiger charge is -2.16. The molecular formula is C17H16F3NO4. The van der Waals surface area contributed by atoms with E-state index in [-0.39, 0.29) is 17.2 Å². The molecule has 0 spiro atoms. The van der Waals surface area contributed by atoms with Gasteiger partial charge in [0.25, 0.3) is 5.91 Å². The van der Waals surface area contributed by atoms with Crippen LogP contribution in [0.4, 0.5) is 18.9 Å². The third kappa shape index (κ3) is 3.96. The van der Waals surface area contributed by atoms with Gasteiger partial charge in [0.05, 0.1) is 32.5 Å². The fraction of sp³-hybridized carbons (Fsp3) is 0.235. The van der Waals surface area contributed by atoms with Crippen molar-refractivity contribution in [2.24, 2.45) is 0 Å². The summed E-state index contributed by atoms with van der Waals surface area (Å²) in [5, 5.41) is 2.42. The van der Waals surface area contributed by atoms with Crippen LogP contribution in [-0.2, 0) is 6.18 Å². The Balaban J connectivity index is 2.39. The van der Waals surface area contributed by atoms with E-state index in [1.165, 1.54) is 45.6 Å². The molecule has 2 aromatic carbocycles. The first-order valence-corrected chi connectivity index (χ1v) is 7.09. The zero-order valence-corrected chi connectivity index (χ0v) is 13.7. The molecule has 0 aliphatic carbocycles. The van der Waals surface area contributed by atoms with Gasteiger partial charge in [-0.3, -0.25) is 4.79 Å². The molecule has 0 atom stereocenters. The van der Waals surface area contributed by atoms with E-state index in [2.05, 4.69) is 5.32 Å². The Morgan fingerprint density at radius 3 is 2.00 bits per heavy atom. The Kier molecular flexibility index (Phi) is 5.41. The summed E-state index contributed by atoms with van der Waals surface area (Å²) >= 11 is 0. The lowest BCUT2D eigenvalue weighted by Crippen LogP contribution is -2.18. The summed E-state index contributed by atoms with van der Waals surface area (Å²) in [5.74, 6) is -0.0663. The van der Waals surface area contributed by atoms with Crippen molar-refractivity contribution >= 4 is 11.6 Å². The van der Waals surface area contributed by atoms with Crippen molar-refractivity contribution in [1.82, 2.24) is 0 Å². The van der Waals surface area contributed by atoms with Crippen molar-refractivity contribution in [3.8, 4) is 17.2 Å². The van der Waals surface area contributed by atoms with Gasteiger partial charge in [0.2, 0.25) is 5.75 Å². The molecule has 1 amide bonds. The number of hydrogen-bond donors (Lipinski definition) is 1. The third-order valence-electron chi connectivity index (χ3n) is 3.40. The van der Waals surface area contributed by atoms with Gasteiger partial charge in [-0.1, -0.05) is 12.1 Å². The quantitative estimate of drug-likeness (QED) is 0.881. The summed E-state index contributed by atoms with van der Waals surface area (Å²) < 4.78 is 54.6. The first kappa shape index (κ1) is 18.4. The molecule has 0 bridgehead atoms. The maximum Gasteiger partial charge on any atom is 0.417 e. The third-order valence-corrected chi connectivity index (χ3v) is 3.40. The number of benzene rings is 2. The summed E-state index contributed by atoms with van der Waals surface area (Å²) in [6.45, 7) is 0. The lowest BCUT2D eigenvalue weighted by molar-refractivity contribution is -0.137. The standard InChI is InChI=1S/C17H16F3NO4/c1-23-13-8-10(9-14(24-2)15(13)25-3)21-16(22)11-6-4-5-7-12(11)17(18,19)20/h4-9H,1-3H3,(H,21,22). The first-order chi connectivity index (χ1) is 11.8. The van der Waals surface area contributed by atoms with Gasteiger partial charge in [-0.25, -0.2) is 0 Å². The van der Waals surface area contributed by atoms with Gasteiger partial charge in [-0.15, -0.1) is 0 Å². The van der Waals surface area contributed by atoms with Gasteiger partial charge in [0, 0.05) is 17.8 Å². The molecule has 0 saturated heterocycles. The van der Waals surface area contributed by atoms with Crippen LogP contribution in [0.25, 0.3) is 0 Å². The summed E-state index contributed by atoms with van der Waals surface area (Å²) in [7, 11) is 4.20. The van der Waals surface area contributed by atoms with Crippen LogP contribution in [-0.4, -0.2) is 27.2 Å². The number of alkyl halides is 3. The summed E-state index contributed by atoms with van der Waals surface area (Å²) in [4.78, 5) is 12.3. The fourth-order valence-corrected chi connectivity index (χ4v) is 2.28. The molecule has 0 heterocycles. The molecular weight excluding hydrogens is 339 g/mol. The van der Waals surface area contributed by atoms with Crippen LogP contribution in [0.2, 0.25) is 0 Å². The molecule has 2 rings (SSSR count). The van der Waals surface area contributed by atoms with E-state index in [9.17, 15) is 18.0 Å². The Morgan fingerprint density at radius 2 is 1.52 bits per heavy atom. The second-order valence-corrected chi connectivity index (χ2v) is 4.91. The molecule has 0 saturated carbocycles. The van der Waals surface area contributed by atoms with Crippen molar-refractivity contribution in [3.05, 3.63) is 47.5 Å². The normalized spacial score (nSPS) is 11.0. The Labute approximate surface area is 142 Å². The summed E-state index contributed by atoms with van der Waals surface area (Å²) in [6, 6.07) is 7.39. The largest absolute Gasteiger partial charge is 0.493 e. The number of amides is 1. The zero-order chi connectivity index (χ0) is 18.6. The molecule has 1 N–H and O–H groups in total. The molecule has 0 aromatic heterocycles. The topological polar surface area (TPSA) is 56.8 Å². The molecule has 5 nitrogen and oxygen atoms in total. The van der Waals surface area contributed by atoms with Crippen molar-refractivity contribution in [3.63, 3.8) is 0 Å². The highest BCUT2D eigenvalue weighted by molar-refractivity contribution is 6.05. The van der Waals surface area contributed by atoms with E-state index >= 15 is 0 Å². The van der Waals surface area contributed by atoms with Crippen molar-refractivity contribution < 1.29 is 32.2 Å². The molecule has 8 heteroatoms. The molecule has 2 aromatic rings. The molecule has 25 heavy (non-hydrogen) atoms. The number of ether oxygens (including phenoxy) is 3. The maximum atomic E-state index is 13.0.